The van der Waals surface area contributed by atoms with Crippen LogP contribution >= 0.6 is 0 Å². The average Bonchev–Trinajstić information content (AvgIpc) is 2.73. The number of likely N-dealkylation sites (tertiary alicyclic amines) is 1. The number of amides is 1. The smallest absolute Gasteiger partial charge is 0.410 e. The summed E-state index contributed by atoms with van der Waals surface area (Å²) in [5.41, 5.74) is 1.86. The highest BCUT2D eigenvalue weighted by Gasteiger charge is 2.39. The van der Waals surface area contributed by atoms with Crippen molar-refractivity contribution in [2.45, 2.75) is 31.9 Å². The lowest BCUT2D eigenvalue weighted by molar-refractivity contribution is -0.145. The number of carboxylic acid groups (broad SMARTS) is 1. The second-order valence-electron chi connectivity index (χ2n) is 6.94. The number of benzene rings is 2. The van der Waals surface area contributed by atoms with E-state index >= 15 is 0 Å². The lowest BCUT2D eigenvalue weighted by Crippen LogP contribution is -2.51. The van der Waals surface area contributed by atoms with E-state index < -0.39 is 24.0 Å². The average molecular weight is 383 g/mol. The molecular weight excluding hydrogens is 358 g/mol. The third-order valence-electron chi connectivity index (χ3n) is 5.14. The fraction of sp³-hybridized carbons (Fsp3) is 0.364. The lowest BCUT2D eigenvalue weighted by Gasteiger charge is -2.39. The predicted octanol–water partition coefficient (Wildman–Crippen LogP) is 3.74. The van der Waals surface area contributed by atoms with Gasteiger partial charge in [0.15, 0.2) is 0 Å². The number of hydrogen-bond donors (Lipinski definition) is 1. The summed E-state index contributed by atoms with van der Waals surface area (Å²) in [7, 11) is 1.60. The molecule has 0 saturated carbocycles. The molecule has 1 N–H and O–H groups in total. The quantitative estimate of drug-likeness (QED) is 0.822. The van der Waals surface area contributed by atoms with Crippen LogP contribution in [0.3, 0.4) is 0 Å². The zero-order chi connectivity index (χ0) is 19.9. The fourth-order valence-corrected chi connectivity index (χ4v) is 3.63. The van der Waals surface area contributed by atoms with Gasteiger partial charge in [0.05, 0.1) is 19.1 Å². The Bertz CT molecular complexity index is 790. The van der Waals surface area contributed by atoms with Crippen LogP contribution in [-0.4, -0.2) is 41.8 Å². The fourth-order valence-electron chi connectivity index (χ4n) is 3.63. The van der Waals surface area contributed by atoms with Crippen molar-refractivity contribution >= 4 is 12.1 Å². The number of methoxy groups -OCH3 is 1. The molecule has 2 aromatic rings. The zero-order valence-electron chi connectivity index (χ0n) is 15.9. The molecule has 1 amide bonds. The Kier molecular flexibility index (Phi) is 6.53. The van der Waals surface area contributed by atoms with Crippen LogP contribution in [0.1, 0.15) is 24.0 Å². The zero-order valence-corrected chi connectivity index (χ0v) is 15.9. The topological polar surface area (TPSA) is 76.1 Å². The van der Waals surface area contributed by atoms with Gasteiger partial charge in [0, 0.05) is 6.54 Å². The Balaban J connectivity index is 1.73. The van der Waals surface area contributed by atoms with E-state index in [0.29, 0.717) is 25.8 Å². The van der Waals surface area contributed by atoms with Crippen molar-refractivity contribution in [3.63, 3.8) is 0 Å². The molecule has 6 heteroatoms. The molecule has 148 valence electrons. The van der Waals surface area contributed by atoms with Crippen LogP contribution in [0.5, 0.6) is 5.75 Å². The Hall–Kier alpha value is -3.02. The molecule has 0 aliphatic carbocycles. The highest BCUT2D eigenvalue weighted by molar-refractivity contribution is 5.74. The number of hydrogen-bond acceptors (Lipinski definition) is 4. The van der Waals surface area contributed by atoms with Crippen molar-refractivity contribution in [2.24, 2.45) is 5.92 Å². The number of ether oxygens (including phenoxy) is 2. The molecule has 1 saturated heterocycles. The van der Waals surface area contributed by atoms with Crippen molar-refractivity contribution in [3.8, 4) is 5.75 Å². The molecule has 2 aromatic carbocycles. The highest BCUT2D eigenvalue weighted by Crippen LogP contribution is 2.28. The van der Waals surface area contributed by atoms with E-state index in [-0.39, 0.29) is 6.61 Å². The first kappa shape index (κ1) is 19.7. The first-order valence-corrected chi connectivity index (χ1v) is 9.41. The van der Waals surface area contributed by atoms with E-state index in [9.17, 15) is 14.7 Å². The summed E-state index contributed by atoms with van der Waals surface area (Å²) >= 11 is 0. The van der Waals surface area contributed by atoms with Crippen molar-refractivity contribution < 1.29 is 24.2 Å². The summed E-state index contributed by atoms with van der Waals surface area (Å²) < 4.78 is 10.6. The Morgan fingerprint density at radius 3 is 2.43 bits per heavy atom. The van der Waals surface area contributed by atoms with Gasteiger partial charge in [0.2, 0.25) is 0 Å². The van der Waals surface area contributed by atoms with Crippen LogP contribution < -0.4 is 4.74 Å². The van der Waals surface area contributed by atoms with Gasteiger partial charge < -0.3 is 19.5 Å². The molecule has 0 unspecified atom stereocenters. The molecule has 1 fully saturated rings. The molecule has 6 nitrogen and oxygen atoms in total. The number of carbonyl (C=O) groups excluding carboxylic acids is 1. The van der Waals surface area contributed by atoms with E-state index in [0.717, 1.165) is 16.9 Å². The Morgan fingerprint density at radius 1 is 1.07 bits per heavy atom. The highest BCUT2D eigenvalue weighted by atomic mass is 16.6. The largest absolute Gasteiger partial charge is 0.497 e. The number of nitrogens with zero attached hydrogens (tertiary/aromatic N) is 1. The predicted molar refractivity (Wildman–Crippen MR) is 104 cm³/mol. The van der Waals surface area contributed by atoms with Gasteiger partial charge in [0.1, 0.15) is 12.4 Å². The lowest BCUT2D eigenvalue weighted by atomic mass is 9.85. The summed E-state index contributed by atoms with van der Waals surface area (Å²) in [5.74, 6) is -0.750. The van der Waals surface area contributed by atoms with Gasteiger partial charge >= 0.3 is 12.1 Å². The molecule has 1 aliphatic heterocycles. The SMILES string of the molecule is COc1ccc(C[C@H]2[C@@H](C(=O)O)CCCN2C(=O)OCc2ccccc2)cc1. The van der Waals surface area contributed by atoms with Gasteiger partial charge in [-0.2, -0.15) is 0 Å². The van der Waals surface area contributed by atoms with Crippen LogP contribution in [0.25, 0.3) is 0 Å². The molecule has 1 aliphatic rings. The minimum Gasteiger partial charge on any atom is -0.497 e. The molecule has 28 heavy (non-hydrogen) atoms. The molecular formula is C22H25NO5. The number of aliphatic carboxylic acids is 1. The molecule has 0 spiro atoms. The summed E-state index contributed by atoms with van der Waals surface area (Å²) in [6, 6.07) is 16.5. The van der Waals surface area contributed by atoms with Crippen LogP contribution in [0.4, 0.5) is 4.79 Å². The van der Waals surface area contributed by atoms with E-state index in [2.05, 4.69) is 0 Å². The molecule has 0 radical (unpaired) electrons. The van der Waals surface area contributed by atoms with Crippen molar-refractivity contribution in [1.82, 2.24) is 4.90 Å². The summed E-state index contributed by atoms with van der Waals surface area (Å²) in [5, 5.41) is 9.68. The molecule has 2 atom stereocenters. The first-order valence-electron chi connectivity index (χ1n) is 9.41. The van der Waals surface area contributed by atoms with Gasteiger partial charge in [-0.25, -0.2) is 4.79 Å². The van der Waals surface area contributed by atoms with Gasteiger partial charge in [-0.15, -0.1) is 0 Å². The Morgan fingerprint density at radius 2 is 1.79 bits per heavy atom. The maximum absolute atomic E-state index is 12.7. The van der Waals surface area contributed by atoms with Crippen molar-refractivity contribution in [2.75, 3.05) is 13.7 Å². The second-order valence-corrected chi connectivity index (χ2v) is 6.94. The minimum atomic E-state index is -0.876. The maximum Gasteiger partial charge on any atom is 0.410 e. The van der Waals surface area contributed by atoms with E-state index in [1.807, 2.05) is 54.6 Å². The third kappa shape index (κ3) is 4.82. The molecule has 0 aromatic heterocycles. The molecule has 1 heterocycles. The van der Waals surface area contributed by atoms with E-state index in [4.69, 9.17) is 9.47 Å². The van der Waals surface area contributed by atoms with Crippen LogP contribution in [0.15, 0.2) is 54.6 Å². The molecule has 3 rings (SSSR count). The monoisotopic (exact) mass is 383 g/mol. The standard InChI is InChI=1S/C22H25NO5/c1-27-18-11-9-16(10-12-18)14-20-19(21(24)25)8-5-13-23(20)22(26)28-15-17-6-3-2-4-7-17/h2-4,6-7,9-12,19-20H,5,8,13-15H2,1H3,(H,24,25)/t19-,20-/m0/s1. The molecule has 0 bridgehead atoms. The third-order valence-corrected chi connectivity index (χ3v) is 5.14. The number of carboxylic acids is 1. The van der Waals surface area contributed by atoms with Gasteiger partial charge in [0.25, 0.3) is 0 Å². The van der Waals surface area contributed by atoms with Crippen LogP contribution in [0, 0.1) is 5.92 Å². The summed E-state index contributed by atoms with van der Waals surface area (Å²) in [6.07, 6.45) is 1.20. The Labute approximate surface area is 164 Å². The van der Waals surface area contributed by atoms with Crippen LogP contribution in [0.2, 0.25) is 0 Å². The number of piperidine rings is 1. The first-order chi connectivity index (χ1) is 13.6. The number of carbonyl (C=O) groups is 2. The minimum absolute atomic E-state index is 0.170. The summed E-state index contributed by atoms with van der Waals surface area (Å²) in [6.45, 7) is 0.668. The van der Waals surface area contributed by atoms with Gasteiger partial charge in [-0.3, -0.25) is 4.79 Å². The van der Waals surface area contributed by atoms with Crippen molar-refractivity contribution in [1.29, 1.82) is 0 Å². The van der Waals surface area contributed by atoms with Gasteiger partial charge in [-0.05, 0) is 42.5 Å². The van der Waals surface area contributed by atoms with E-state index in [1.54, 1.807) is 12.0 Å². The normalized spacial score (nSPS) is 19.1. The summed E-state index contributed by atoms with van der Waals surface area (Å²) in [4.78, 5) is 26.1. The maximum atomic E-state index is 12.7. The van der Waals surface area contributed by atoms with E-state index in [1.165, 1.54) is 0 Å². The number of rotatable bonds is 6. The van der Waals surface area contributed by atoms with Crippen LogP contribution in [-0.2, 0) is 22.6 Å². The van der Waals surface area contributed by atoms with Gasteiger partial charge in [-0.1, -0.05) is 42.5 Å². The second kappa shape index (κ2) is 9.26. The van der Waals surface area contributed by atoms with Crippen molar-refractivity contribution in [3.05, 3.63) is 65.7 Å².